The maximum absolute atomic E-state index is 2.51. The first-order valence-electron chi connectivity index (χ1n) is 10.8. The molecule has 1 aromatic carbocycles. The fraction of sp³-hybridized carbons (Fsp3) is 0.739. The summed E-state index contributed by atoms with van der Waals surface area (Å²) in [6.45, 7) is 4.60. The van der Waals surface area contributed by atoms with E-state index in [1.54, 1.807) is 5.56 Å². The Labute approximate surface area is 153 Å². The minimum atomic E-state index is 0.386. The summed E-state index contributed by atoms with van der Waals surface area (Å²) in [6.07, 6.45) is 19.6. The predicted octanol–water partition coefficient (Wildman–Crippen LogP) is 7.02. The van der Waals surface area contributed by atoms with E-state index >= 15 is 0 Å². The molecule has 0 saturated carbocycles. The lowest BCUT2D eigenvalue weighted by atomic mass is 9.59. The molecule has 0 nitrogen and oxygen atoms in total. The lowest BCUT2D eigenvalue weighted by Gasteiger charge is -2.31. The summed E-state index contributed by atoms with van der Waals surface area (Å²) in [5.41, 5.74) is 1.56. The standard InChI is InChI=1S/C23H41B/c1-3-5-7-9-11-16-20-23(24,22-18-14-13-15-19-22)21-17-12-10-8-6-4-2/h13-15,18-19H,3-12,16-17,20-21,24H2,1-2H3. The number of hydrogen-bond donors (Lipinski definition) is 0. The molecule has 0 spiro atoms. The monoisotopic (exact) mass is 328 g/mol. The van der Waals surface area contributed by atoms with Crippen molar-refractivity contribution in [2.75, 3.05) is 0 Å². The van der Waals surface area contributed by atoms with Crippen LogP contribution in [0.2, 0.25) is 0 Å². The van der Waals surface area contributed by atoms with Gasteiger partial charge < -0.3 is 0 Å². The molecule has 1 heteroatoms. The molecule has 0 heterocycles. The van der Waals surface area contributed by atoms with Gasteiger partial charge >= 0.3 is 0 Å². The van der Waals surface area contributed by atoms with Crippen LogP contribution in [0.5, 0.6) is 0 Å². The van der Waals surface area contributed by atoms with E-state index in [9.17, 15) is 0 Å². The summed E-state index contributed by atoms with van der Waals surface area (Å²) in [6, 6.07) is 11.3. The zero-order chi connectivity index (χ0) is 17.5. The molecule has 0 atom stereocenters. The molecule has 0 amide bonds. The summed E-state index contributed by atoms with van der Waals surface area (Å²) >= 11 is 0. The zero-order valence-corrected chi connectivity index (χ0v) is 16.8. The smallest absolute Gasteiger partial charge is 0.0654 e. The van der Waals surface area contributed by atoms with Crippen LogP contribution < -0.4 is 0 Å². The second-order valence-electron chi connectivity index (χ2n) is 7.96. The molecular weight excluding hydrogens is 287 g/mol. The molecule has 24 heavy (non-hydrogen) atoms. The van der Waals surface area contributed by atoms with Crippen LogP contribution in [-0.4, -0.2) is 7.85 Å². The molecule has 136 valence electrons. The van der Waals surface area contributed by atoms with Gasteiger partial charge in [0.25, 0.3) is 0 Å². The fourth-order valence-corrected chi connectivity index (χ4v) is 3.85. The van der Waals surface area contributed by atoms with Gasteiger partial charge in [0.15, 0.2) is 0 Å². The highest BCUT2D eigenvalue weighted by Crippen LogP contribution is 2.32. The Bertz CT molecular complexity index is 368. The van der Waals surface area contributed by atoms with Crippen LogP contribution in [0.3, 0.4) is 0 Å². The Hall–Kier alpha value is -0.715. The van der Waals surface area contributed by atoms with Gasteiger partial charge in [0, 0.05) is 0 Å². The van der Waals surface area contributed by atoms with Crippen LogP contribution in [0.25, 0.3) is 0 Å². The quantitative estimate of drug-likeness (QED) is 0.240. The number of rotatable bonds is 15. The van der Waals surface area contributed by atoms with E-state index in [0.29, 0.717) is 5.31 Å². The normalized spacial score (nSPS) is 11.8. The minimum absolute atomic E-state index is 0.386. The average Bonchev–Trinajstić information content (AvgIpc) is 2.62. The molecule has 0 aromatic heterocycles. The third kappa shape index (κ3) is 8.95. The van der Waals surface area contributed by atoms with Crippen molar-refractivity contribution in [1.82, 2.24) is 0 Å². The van der Waals surface area contributed by atoms with Crippen LogP contribution >= 0.6 is 0 Å². The predicted molar refractivity (Wildman–Crippen MR) is 113 cm³/mol. The number of unbranched alkanes of at least 4 members (excludes halogenated alkanes) is 10. The summed E-state index contributed by atoms with van der Waals surface area (Å²) in [5, 5.41) is 0.386. The van der Waals surface area contributed by atoms with Crippen molar-refractivity contribution in [2.45, 2.75) is 109 Å². The Morgan fingerprint density at radius 1 is 0.625 bits per heavy atom. The first-order valence-corrected chi connectivity index (χ1v) is 10.8. The SMILES string of the molecule is BC(CCCCCCCC)(CCCCCCCC)c1ccccc1. The van der Waals surface area contributed by atoms with Gasteiger partial charge in [-0.05, 0) is 10.9 Å². The Kier molecular flexibility index (Phi) is 12.1. The summed E-state index contributed by atoms with van der Waals surface area (Å²) in [4.78, 5) is 0. The highest BCUT2D eigenvalue weighted by atomic mass is 14.2. The minimum Gasteiger partial charge on any atom is -0.0654 e. The molecule has 0 unspecified atom stereocenters. The van der Waals surface area contributed by atoms with Crippen LogP contribution in [0.15, 0.2) is 30.3 Å². The van der Waals surface area contributed by atoms with Gasteiger partial charge in [-0.25, -0.2) is 0 Å². The maximum Gasteiger partial charge on any atom is 0.115 e. The highest BCUT2D eigenvalue weighted by molar-refractivity contribution is 6.15. The van der Waals surface area contributed by atoms with Crippen molar-refractivity contribution < 1.29 is 0 Å². The van der Waals surface area contributed by atoms with E-state index in [4.69, 9.17) is 0 Å². The largest absolute Gasteiger partial charge is 0.115 e. The third-order valence-electron chi connectivity index (χ3n) is 5.63. The molecular formula is C23H41B. The lowest BCUT2D eigenvalue weighted by Crippen LogP contribution is -2.26. The third-order valence-corrected chi connectivity index (χ3v) is 5.63. The van der Waals surface area contributed by atoms with Crippen molar-refractivity contribution >= 4 is 7.85 Å². The lowest BCUT2D eigenvalue weighted by molar-refractivity contribution is 0.444. The zero-order valence-electron chi connectivity index (χ0n) is 16.8. The molecule has 0 saturated heterocycles. The summed E-state index contributed by atoms with van der Waals surface area (Å²) in [5.74, 6) is 0. The molecule has 1 aromatic rings. The van der Waals surface area contributed by atoms with Gasteiger partial charge in [0.2, 0.25) is 0 Å². The topological polar surface area (TPSA) is 0 Å². The molecule has 1 rings (SSSR count). The van der Waals surface area contributed by atoms with Gasteiger partial charge in [-0.2, -0.15) is 0 Å². The van der Waals surface area contributed by atoms with Crippen LogP contribution in [0, 0.1) is 0 Å². The van der Waals surface area contributed by atoms with Crippen LogP contribution in [-0.2, 0) is 5.31 Å². The van der Waals surface area contributed by atoms with Gasteiger partial charge in [-0.3, -0.25) is 0 Å². The number of benzene rings is 1. The van der Waals surface area contributed by atoms with Gasteiger partial charge in [0.1, 0.15) is 7.85 Å². The Morgan fingerprint density at radius 2 is 1.04 bits per heavy atom. The second kappa shape index (κ2) is 13.6. The van der Waals surface area contributed by atoms with Crippen molar-refractivity contribution in [3.05, 3.63) is 35.9 Å². The molecule has 0 aliphatic heterocycles. The van der Waals surface area contributed by atoms with E-state index in [1.807, 2.05) is 0 Å². The summed E-state index contributed by atoms with van der Waals surface area (Å²) < 4.78 is 0. The van der Waals surface area contributed by atoms with Gasteiger partial charge in [-0.15, -0.1) is 0 Å². The number of hydrogen-bond acceptors (Lipinski definition) is 0. The Balaban J connectivity index is 2.42. The van der Waals surface area contributed by atoms with E-state index < -0.39 is 0 Å². The van der Waals surface area contributed by atoms with Crippen LogP contribution in [0.4, 0.5) is 0 Å². The molecule has 0 aliphatic rings. The molecule has 0 aliphatic carbocycles. The first kappa shape index (κ1) is 21.3. The first-order chi connectivity index (χ1) is 11.7. The van der Waals surface area contributed by atoms with E-state index in [-0.39, 0.29) is 0 Å². The Morgan fingerprint density at radius 3 is 1.50 bits per heavy atom. The van der Waals surface area contributed by atoms with Gasteiger partial charge in [-0.1, -0.05) is 134 Å². The van der Waals surface area contributed by atoms with Crippen molar-refractivity contribution in [2.24, 2.45) is 0 Å². The maximum atomic E-state index is 2.51. The molecule has 0 N–H and O–H groups in total. The van der Waals surface area contributed by atoms with Crippen molar-refractivity contribution in [1.29, 1.82) is 0 Å². The second-order valence-corrected chi connectivity index (χ2v) is 7.96. The molecule has 0 bridgehead atoms. The van der Waals surface area contributed by atoms with Crippen molar-refractivity contribution in [3.63, 3.8) is 0 Å². The molecule has 0 fully saturated rings. The van der Waals surface area contributed by atoms with E-state index in [2.05, 4.69) is 52.0 Å². The van der Waals surface area contributed by atoms with Crippen molar-refractivity contribution in [3.8, 4) is 0 Å². The fourth-order valence-electron chi connectivity index (χ4n) is 3.85. The van der Waals surface area contributed by atoms with Gasteiger partial charge in [0.05, 0.1) is 0 Å². The van der Waals surface area contributed by atoms with E-state index in [0.717, 1.165) is 0 Å². The van der Waals surface area contributed by atoms with Crippen LogP contribution in [0.1, 0.15) is 109 Å². The average molecular weight is 328 g/mol. The summed E-state index contributed by atoms with van der Waals surface area (Å²) in [7, 11) is 2.51. The molecule has 0 radical (unpaired) electrons. The highest BCUT2D eigenvalue weighted by Gasteiger charge is 2.25. The van der Waals surface area contributed by atoms with E-state index in [1.165, 1.54) is 89.9 Å².